The lowest BCUT2D eigenvalue weighted by Gasteiger charge is -2.41. The number of nitrogens with zero attached hydrogens (tertiary/aromatic N) is 3. The van der Waals surface area contributed by atoms with Crippen LogP contribution in [0.4, 0.5) is 0 Å². The van der Waals surface area contributed by atoms with Gasteiger partial charge in [0.25, 0.3) is 0 Å². The minimum absolute atomic E-state index is 0.000117. The number of aliphatic hydroxyl groups excluding tert-OH is 1. The molecule has 102 valence electrons. The highest BCUT2D eigenvalue weighted by molar-refractivity contribution is 4.95. The molecule has 5 nitrogen and oxygen atoms in total. The first kappa shape index (κ1) is 13.5. The summed E-state index contributed by atoms with van der Waals surface area (Å²) in [6, 6.07) is 0.129. The van der Waals surface area contributed by atoms with Gasteiger partial charge in [-0.2, -0.15) is 4.98 Å². The fraction of sp³-hybridized carbons (Fsp3) is 0.846. The molecule has 1 N–H and O–H groups in total. The van der Waals surface area contributed by atoms with E-state index in [1.54, 1.807) is 0 Å². The molecule has 2 unspecified atom stereocenters. The summed E-state index contributed by atoms with van der Waals surface area (Å²) in [5.74, 6) is 1.45. The Morgan fingerprint density at radius 1 is 1.56 bits per heavy atom. The zero-order valence-electron chi connectivity index (χ0n) is 11.5. The first-order valence-corrected chi connectivity index (χ1v) is 6.75. The molecule has 2 atom stereocenters. The third-order valence-corrected chi connectivity index (χ3v) is 3.90. The van der Waals surface area contributed by atoms with Crippen LogP contribution < -0.4 is 0 Å². The Bertz CT molecular complexity index is 393. The van der Waals surface area contributed by atoms with Crippen molar-refractivity contribution >= 4 is 0 Å². The summed E-state index contributed by atoms with van der Waals surface area (Å²) < 4.78 is 5.31. The van der Waals surface area contributed by atoms with Crippen LogP contribution in [-0.4, -0.2) is 39.8 Å². The van der Waals surface area contributed by atoms with Gasteiger partial charge in [0.1, 0.15) is 0 Å². The van der Waals surface area contributed by atoms with E-state index < -0.39 is 0 Å². The van der Waals surface area contributed by atoms with Crippen LogP contribution in [0.15, 0.2) is 4.52 Å². The number of aromatic nitrogens is 2. The summed E-state index contributed by atoms with van der Waals surface area (Å²) in [6.07, 6.45) is 2.98. The molecule has 1 saturated heterocycles. The van der Waals surface area contributed by atoms with Gasteiger partial charge in [-0.15, -0.1) is 0 Å². The summed E-state index contributed by atoms with van der Waals surface area (Å²) in [5.41, 5.74) is 0.000117. The number of aryl methyl sites for hydroxylation is 1. The molecule has 0 radical (unpaired) electrons. The number of hydrogen-bond acceptors (Lipinski definition) is 5. The lowest BCUT2D eigenvalue weighted by Crippen LogP contribution is -2.44. The quantitative estimate of drug-likeness (QED) is 0.886. The van der Waals surface area contributed by atoms with Crippen molar-refractivity contribution in [3.05, 3.63) is 11.7 Å². The number of aliphatic hydroxyl groups is 1. The van der Waals surface area contributed by atoms with Crippen LogP contribution in [0.1, 0.15) is 51.4 Å². The first-order chi connectivity index (χ1) is 8.58. The molecule has 1 aromatic rings. The van der Waals surface area contributed by atoms with Gasteiger partial charge < -0.3 is 9.63 Å². The predicted molar refractivity (Wildman–Crippen MR) is 68.1 cm³/mol. The summed E-state index contributed by atoms with van der Waals surface area (Å²) in [5, 5.41) is 13.4. The molecule has 1 fully saturated rings. The Labute approximate surface area is 108 Å². The van der Waals surface area contributed by atoms with Crippen molar-refractivity contribution in [2.75, 3.05) is 19.7 Å². The lowest BCUT2D eigenvalue weighted by atomic mass is 9.82. The second-order valence-electron chi connectivity index (χ2n) is 5.62. The number of piperidine rings is 1. The Morgan fingerprint density at radius 3 is 2.94 bits per heavy atom. The molecule has 2 heterocycles. The average Bonchev–Trinajstić information content (AvgIpc) is 2.86. The summed E-state index contributed by atoms with van der Waals surface area (Å²) >= 11 is 0. The monoisotopic (exact) mass is 253 g/mol. The second kappa shape index (κ2) is 5.36. The van der Waals surface area contributed by atoms with E-state index in [2.05, 4.69) is 28.9 Å². The van der Waals surface area contributed by atoms with Gasteiger partial charge in [0.15, 0.2) is 5.82 Å². The van der Waals surface area contributed by atoms with E-state index in [-0.39, 0.29) is 18.1 Å². The van der Waals surface area contributed by atoms with Gasteiger partial charge in [0.2, 0.25) is 5.89 Å². The van der Waals surface area contributed by atoms with Crippen molar-refractivity contribution < 1.29 is 9.63 Å². The van der Waals surface area contributed by atoms with Gasteiger partial charge in [-0.25, -0.2) is 0 Å². The van der Waals surface area contributed by atoms with Gasteiger partial charge in [0.05, 0.1) is 6.04 Å². The number of likely N-dealkylation sites (tertiary alicyclic amines) is 1. The maximum absolute atomic E-state index is 9.48. The van der Waals surface area contributed by atoms with Crippen molar-refractivity contribution in [3.8, 4) is 0 Å². The van der Waals surface area contributed by atoms with Gasteiger partial charge in [-0.05, 0) is 26.3 Å². The van der Waals surface area contributed by atoms with E-state index >= 15 is 0 Å². The molecule has 1 aliphatic heterocycles. The highest BCUT2D eigenvalue weighted by Crippen LogP contribution is 2.33. The third kappa shape index (κ3) is 2.72. The van der Waals surface area contributed by atoms with Crippen LogP contribution in [0.5, 0.6) is 0 Å². The van der Waals surface area contributed by atoms with E-state index in [1.807, 2.05) is 6.92 Å². The van der Waals surface area contributed by atoms with Gasteiger partial charge in [0, 0.05) is 25.0 Å². The fourth-order valence-corrected chi connectivity index (χ4v) is 2.55. The highest BCUT2D eigenvalue weighted by Gasteiger charge is 2.34. The standard InChI is InChI=1S/C13H23N3O2/c1-4-11-14-12(18-15-11)10(2)16-7-5-6-13(3,8-16)9-17/h10,17H,4-9H2,1-3H3. The topological polar surface area (TPSA) is 62.4 Å². The Kier molecular flexibility index (Phi) is 4.02. The fourth-order valence-electron chi connectivity index (χ4n) is 2.55. The molecule has 2 rings (SSSR count). The van der Waals surface area contributed by atoms with Gasteiger partial charge in [-0.1, -0.05) is 19.0 Å². The molecular formula is C13H23N3O2. The maximum atomic E-state index is 9.48. The lowest BCUT2D eigenvalue weighted by molar-refractivity contribution is 0.0211. The van der Waals surface area contributed by atoms with E-state index in [0.29, 0.717) is 5.89 Å². The van der Waals surface area contributed by atoms with Gasteiger partial charge in [-0.3, -0.25) is 4.90 Å². The van der Waals surface area contributed by atoms with E-state index in [4.69, 9.17) is 4.52 Å². The van der Waals surface area contributed by atoms with E-state index in [9.17, 15) is 5.11 Å². The zero-order valence-corrected chi connectivity index (χ0v) is 11.5. The van der Waals surface area contributed by atoms with Crippen LogP contribution >= 0.6 is 0 Å². The predicted octanol–water partition coefficient (Wildman–Crippen LogP) is 1.79. The van der Waals surface area contributed by atoms with E-state index in [1.165, 1.54) is 0 Å². The second-order valence-corrected chi connectivity index (χ2v) is 5.62. The normalized spacial score (nSPS) is 27.3. The average molecular weight is 253 g/mol. The van der Waals surface area contributed by atoms with Crippen molar-refractivity contribution in [1.82, 2.24) is 15.0 Å². The SMILES string of the molecule is CCc1noc(C(C)N2CCCC(C)(CO)C2)n1. The van der Waals surface area contributed by atoms with Crippen LogP contribution in [0, 0.1) is 5.41 Å². The molecule has 18 heavy (non-hydrogen) atoms. The van der Waals surface area contributed by atoms with Crippen LogP contribution in [-0.2, 0) is 6.42 Å². The molecule has 0 saturated carbocycles. The van der Waals surface area contributed by atoms with Crippen LogP contribution in [0.2, 0.25) is 0 Å². The zero-order chi connectivity index (χ0) is 13.2. The molecule has 0 bridgehead atoms. The Balaban J connectivity index is 2.06. The highest BCUT2D eigenvalue weighted by atomic mass is 16.5. The molecule has 0 aromatic carbocycles. The van der Waals surface area contributed by atoms with Crippen molar-refractivity contribution in [1.29, 1.82) is 0 Å². The van der Waals surface area contributed by atoms with Crippen LogP contribution in [0.3, 0.4) is 0 Å². The third-order valence-electron chi connectivity index (χ3n) is 3.90. The van der Waals surface area contributed by atoms with Crippen molar-refractivity contribution in [3.63, 3.8) is 0 Å². The van der Waals surface area contributed by atoms with E-state index in [0.717, 1.165) is 38.2 Å². The smallest absolute Gasteiger partial charge is 0.243 e. The molecule has 1 aromatic heterocycles. The maximum Gasteiger partial charge on any atom is 0.243 e. The largest absolute Gasteiger partial charge is 0.396 e. The minimum atomic E-state index is 0.000117. The summed E-state index contributed by atoms with van der Waals surface area (Å²) in [6.45, 7) is 8.39. The molecular weight excluding hydrogens is 230 g/mol. The minimum Gasteiger partial charge on any atom is -0.396 e. The number of hydrogen-bond donors (Lipinski definition) is 1. The Morgan fingerprint density at radius 2 is 2.33 bits per heavy atom. The molecule has 1 aliphatic rings. The van der Waals surface area contributed by atoms with Crippen molar-refractivity contribution in [2.24, 2.45) is 5.41 Å². The molecule has 0 aliphatic carbocycles. The number of rotatable bonds is 4. The molecule has 0 amide bonds. The van der Waals surface area contributed by atoms with Crippen LogP contribution in [0.25, 0.3) is 0 Å². The summed E-state index contributed by atoms with van der Waals surface area (Å²) in [4.78, 5) is 6.72. The Hall–Kier alpha value is -0.940. The van der Waals surface area contributed by atoms with Crippen molar-refractivity contribution in [2.45, 2.75) is 46.1 Å². The molecule has 0 spiro atoms. The van der Waals surface area contributed by atoms with Gasteiger partial charge >= 0.3 is 0 Å². The first-order valence-electron chi connectivity index (χ1n) is 6.75. The summed E-state index contributed by atoms with van der Waals surface area (Å²) in [7, 11) is 0. The molecule has 5 heteroatoms.